The fourth-order valence-corrected chi connectivity index (χ4v) is 6.65. The summed E-state index contributed by atoms with van der Waals surface area (Å²) in [7, 11) is 3.07. The molecular weight excluding hydrogens is 436 g/mol. The molecule has 0 aromatic heterocycles. The van der Waals surface area contributed by atoms with Gasteiger partial charge in [-0.05, 0) is 24.3 Å². The maximum Gasteiger partial charge on any atom is 0.255 e. The molecule has 158 valence electrons. The monoisotopic (exact) mass is 460 g/mol. The van der Waals surface area contributed by atoms with E-state index in [4.69, 9.17) is 4.74 Å². The van der Waals surface area contributed by atoms with Gasteiger partial charge in [0.2, 0.25) is 0 Å². The van der Waals surface area contributed by atoms with E-state index < -0.39 is 0 Å². The van der Waals surface area contributed by atoms with Crippen molar-refractivity contribution in [2.24, 2.45) is 0 Å². The van der Waals surface area contributed by atoms with E-state index in [1.807, 2.05) is 70.1 Å². The molecule has 2 heterocycles. The first-order chi connectivity index (χ1) is 14.7. The molecule has 0 aliphatic carbocycles. The van der Waals surface area contributed by atoms with Gasteiger partial charge in [-0.3, -0.25) is 9.59 Å². The summed E-state index contributed by atoms with van der Waals surface area (Å²) in [5.41, 5.74) is 1.44. The number of rotatable bonds is 5. The molecule has 4 rings (SSSR count). The van der Waals surface area contributed by atoms with Crippen LogP contribution in [-0.2, 0) is 4.74 Å². The predicted octanol–water partition coefficient (Wildman–Crippen LogP) is 4.15. The van der Waals surface area contributed by atoms with Crippen LogP contribution in [0.4, 0.5) is 0 Å². The molecular formula is C22H24N2O3S3. The summed E-state index contributed by atoms with van der Waals surface area (Å²) in [6.45, 7) is 4.01. The van der Waals surface area contributed by atoms with Crippen LogP contribution in [0.1, 0.15) is 20.7 Å². The number of amides is 2. The van der Waals surface area contributed by atoms with Crippen molar-refractivity contribution < 1.29 is 14.3 Å². The lowest BCUT2D eigenvalue weighted by Gasteiger charge is -2.27. The lowest BCUT2D eigenvalue weighted by molar-refractivity contribution is 0.0300. The molecule has 2 aliphatic heterocycles. The van der Waals surface area contributed by atoms with Crippen molar-refractivity contribution in [2.45, 2.75) is 9.79 Å². The molecule has 0 N–H and O–H groups in total. The molecule has 2 aromatic rings. The van der Waals surface area contributed by atoms with Crippen LogP contribution >= 0.6 is 33.3 Å². The molecule has 0 bridgehead atoms. The molecule has 5 nitrogen and oxygen atoms in total. The maximum atomic E-state index is 13.0. The number of ether oxygens (including phenoxy) is 1. The van der Waals surface area contributed by atoms with E-state index in [9.17, 15) is 9.59 Å². The standard InChI is InChI=1S/C22H24N2O3S3/c25-21(23-9-13-27-14-10-23)17-5-1-3-7-19(17)29-30-20-8-4-2-6-18(20)22(26)24-11-15-28-16-12-24/h1-8H,9-16H2. The SMILES string of the molecule is O=C(c1ccccc1SSc1ccccc1C(=O)N1CCSCC1)N1CCOCC1. The Labute approximate surface area is 189 Å². The third-order valence-corrected chi connectivity index (χ3v) is 8.48. The van der Waals surface area contributed by atoms with E-state index in [1.54, 1.807) is 0 Å². The smallest absolute Gasteiger partial charge is 0.255 e. The first-order valence-corrected chi connectivity index (χ1v) is 13.3. The van der Waals surface area contributed by atoms with Crippen LogP contribution in [0.15, 0.2) is 58.3 Å². The minimum atomic E-state index is 0.0391. The summed E-state index contributed by atoms with van der Waals surface area (Å²) in [4.78, 5) is 31.7. The summed E-state index contributed by atoms with van der Waals surface area (Å²) >= 11 is 1.89. The Kier molecular flexibility index (Phi) is 7.65. The Morgan fingerprint density at radius 1 is 0.733 bits per heavy atom. The second kappa shape index (κ2) is 10.6. The average molecular weight is 461 g/mol. The molecule has 0 saturated carbocycles. The van der Waals surface area contributed by atoms with E-state index in [2.05, 4.69) is 0 Å². The molecule has 0 atom stereocenters. The zero-order valence-electron chi connectivity index (χ0n) is 16.6. The predicted molar refractivity (Wildman–Crippen MR) is 125 cm³/mol. The minimum Gasteiger partial charge on any atom is -0.378 e. The average Bonchev–Trinajstić information content (AvgIpc) is 2.83. The molecule has 8 heteroatoms. The molecule has 2 amide bonds. The summed E-state index contributed by atoms with van der Waals surface area (Å²) in [6, 6.07) is 15.4. The molecule has 0 radical (unpaired) electrons. The molecule has 30 heavy (non-hydrogen) atoms. The van der Waals surface area contributed by atoms with Crippen LogP contribution < -0.4 is 0 Å². The second-order valence-corrected chi connectivity index (χ2v) is 10.4. The van der Waals surface area contributed by atoms with Gasteiger partial charge in [-0.1, -0.05) is 45.9 Å². The number of thioether (sulfide) groups is 1. The molecule has 2 aromatic carbocycles. The number of benzene rings is 2. The van der Waals surface area contributed by atoms with E-state index >= 15 is 0 Å². The van der Waals surface area contributed by atoms with Gasteiger partial charge in [0.15, 0.2) is 0 Å². The molecule has 2 aliphatic rings. The van der Waals surface area contributed by atoms with Crippen molar-refractivity contribution in [2.75, 3.05) is 50.9 Å². The topological polar surface area (TPSA) is 49.9 Å². The van der Waals surface area contributed by atoms with Crippen molar-refractivity contribution in [3.05, 3.63) is 59.7 Å². The van der Waals surface area contributed by atoms with Gasteiger partial charge in [-0.15, -0.1) is 0 Å². The van der Waals surface area contributed by atoms with Gasteiger partial charge in [-0.25, -0.2) is 0 Å². The lowest BCUT2D eigenvalue weighted by atomic mass is 10.2. The fraction of sp³-hybridized carbons (Fsp3) is 0.364. The van der Waals surface area contributed by atoms with Crippen LogP contribution in [0.3, 0.4) is 0 Å². The van der Waals surface area contributed by atoms with E-state index in [-0.39, 0.29) is 11.8 Å². The highest BCUT2D eigenvalue weighted by atomic mass is 33.1. The Balaban J connectivity index is 1.49. The highest BCUT2D eigenvalue weighted by molar-refractivity contribution is 8.76. The third-order valence-electron chi connectivity index (χ3n) is 5.05. The molecule has 2 fully saturated rings. The normalized spacial score (nSPS) is 17.1. The van der Waals surface area contributed by atoms with Crippen molar-refractivity contribution in [3.8, 4) is 0 Å². The number of carbonyl (C=O) groups is 2. The third kappa shape index (κ3) is 5.17. The Morgan fingerprint density at radius 3 is 1.73 bits per heavy atom. The number of carbonyl (C=O) groups excluding carboxylic acids is 2. The van der Waals surface area contributed by atoms with Crippen LogP contribution in [0.25, 0.3) is 0 Å². The van der Waals surface area contributed by atoms with Gasteiger partial charge in [0.25, 0.3) is 11.8 Å². The zero-order chi connectivity index (χ0) is 20.8. The first kappa shape index (κ1) is 21.6. The van der Waals surface area contributed by atoms with Gasteiger partial charge >= 0.3 is 0 Å². The van der Waals surface area contributed by atoms with Crippen LogP contribution in [0.5, 0.6) is 0 Å². The van der Waals surface area contributed by atoms with Crippen molar-refractivity contribution in [1.29, 1.82) is 0 Å². The van der Waals surface area contributed by atoms with Crippen molar-refractivity contribution >= 4 is 45.2 Å². The van der Waals surface area contributed by atoms with E-state index in [1.165, 1.54) is 21.6 Å². The van der Waals surface area contributed by atoms with Crippen molar-refractivity contribution in [1.82, 2.24) is 9.80 Å². The molecule has 2 saturated heterocycles. The molecule has 0 unspecified atom stereocenters. The Hall–Kier alpha value is -1.61. The number of morpholine rings is 1. The lowest BCUT2D eigenvalue weighted by Crippen LogP contribution is -2.40. The first-order valence-electron chi connectivity index (χ1n) is 10.0. The minimum absolute atomic E-state index is 0.0391. The highest BCUT2D eigenvalue weighted by Gasteiger charge is 2.23. The highest BCUT2D eigenvalue weighted by Crippen LogP contribution is 2.41. The Bertz CT molecular complexity index is 823. The van der Waals surface area contributed by atoms with Gasteiger partial charge in [-0.2, -0.15) is 11.8 Å². The summed E-state index contributed by atoms with van der Waals surface area (Å²) < 4.78 is 5.37. The number of nitrogens with zero attached hydrogens (tertiary/aromatic N) is 2. The second-order valence-electron chi connectivity index (χ2n) is 6.97. The largest absolute Gasteiger partial charge is 0.378 e. The quantitative estimate of drug-likeness (QED) is 0.625. The zero-order valence-corrected chi connectivity index (χ0v) is 19.1. The van der Waals surface area contributed by atoms with Crippen LogP contribution in [0, 0.1) is 0 Å². The summed E-state index contributed by atoms with van der Waals surface area (Å²) in [5.74, 6) is 2.12. The maximum absolute atomic E-state index is 13.0. The number of hydrogen-bond acceptors (Lipinski definition) is 6. The number of hydrogen-bond donors (Lipinski definition) is 0. The Morgan fingerprint density at radius 2 is 1.20 bits per heavy atom. The summed E-state index contributed by atoms with van der Waals surface area (Å²) in [5, 5.41) is 0. The van der Waals surface area contributed by atoms with Gasteiger partial charge < -0.3 is 14.5 Å². The fourth-order valence-electron chi connectivity index (χ4n) is 3.40. The van der Waals surface area contributed by atoms with Gasteiger partial charge in [0.05, 0.1) is 24.3 Å². The van der Waals surface area contributed by atoms with E-state index in [0.717, 1.165) is 39.9 Å². The van der Waals surface area contributed by atoms with Gasteiger partial charge in [0.1, 0.15) is 0 Å². The van der Waals surface area contributed by atoms with Crippen molar-refractivity contribution in [3.63, 3.8) is 0 Å². The summed E-state index contributed by atoms with van der Waals surface area (Å²) in [6.07, 6.45) is 0. The molecule has 0 spiro atoms. The van der Waals surface area contributed by atoms with Gasteiger partial charge in [0, 0.05) is 47.5 Å². The van der Waals surface area contributed by atoms with Crippen LogP contribution in [-0.4, -0.2) is 72.5 Å². The van der Waals surface area contributed by atoms with E-state index in [0.29, 0.717) is 31.9 Å². The van der Waals surface area contributed by atoms with Crippen LogP contribution in [0.2, 0.25) is 0 Å².